The molecule has 1 aliphatic heterocycles. The van der Waals surface area contributed by atoms with Gasteiger partial charge in [-0.25, -0.2) is 9.07 Å². The van der Waals surface area contributed by atoms with E-state index in [9.17, 15) is 14.3 Å². The van der Waals surface area contributed by atoms with Crippen LogP contribution in [-0.4, -0.2) is 45.4 Å². The molecule has 0 radical (unpaired) electrons. The highest BCUT2D eigenvalue weighted by molar-refractivity contribution is 5.95. The van der Waals surface area contributed by atoms with Crippen molar-refractivity contribution in [3.8, 4) is 5.69 Å². The predicted molar refractivity (Wildman–Crippen MR) is 84.0 cm³/mol. The zero-order valence-electron chi connectivity index (χ0n) is 13.1. The Balaban J connectivity index is 1.87. The second-order valence-electron chi connectivity index (χ2n) is 5.95. The monoisotopic (exact) mass is 317 g/mol. The minimum absolute atomic E-state index is 0.0945. The number of carbonyl (C=O) groups is 1. The lowest BCUT2D eigenvalue weighted by Crippen LogP contribution is -2.41. The first kappa shape index (κ1) is 15.7. The molecule has 23 heavy (non-hydrogen) atoms. The standard InChI is InChI=1S/C17H20FN3O2/c1-12-14(17(23)20-8-4-5-13(10-20)11-22)9-19-21(12)16-7-3-2-6-15(16)18/h2-3,6-7,9,13,22H,4-5,8,10-11H2,1H3/t13-/m1/s1. The van der Waals surface area contributed by atoms with Gasteiger partial charge in [-0.1, -0.05) is 12.1 Å². The maximum absolute atomic E-state index is 13.9. The van der Waals surface area contributed by atoms with Crippen molar-refractivity contribution in [2.24, 2.45) is 5.92 Å². The average Bonchev–Trinajstić information content (AvgIpc) is 2.96. The summed E-state index contributed by atoms with van der Waals surface area (Å²) in [7, 11) is 0. The number of para-hydroxylation sites is 1. The smallest absolute Gasteiger partial charge is 0.257 e. The van der Waals surface area contributed by atoms with Gasteiger partial charge in [-0.15, -0.1) is 0 Å². The molecule has 0 aliphatic carbocycles. The zero-order chi connectivity index (χ0) is 16.4. The summed E-state index contributed by atoms with van der Waals surface area (Å²) in [5.74, 6) is -0.353. The number of aliphatic hydroxyl groups excluding tert-OH is 1. The Bertz CT molecular complexity index is 714. The molecule has 1 aromatic heterocycles. The Morgan fingerprint density at radius 1 is 1.43 bits per heavy atom. The van der Waals surface area contributed by atoms with Crippen molar-refractivity contribution >= 4 is 5.91 Å². The van der Waals surface area contributed by atoms with E-state index >= 15 is 0 Å². The van der Waals surface area contributed by atoms with E-state index in [1.165, 1.54) is 16.9 Å². The molecule has 0 spiro atoms. The SMILES string of the molecule is Cc1c(C(=O)N2CCC[C@@H](CO)C2)cnn1-c1ccccc1F. The molecule has 1 fully saturated rings. The van der Waals surface area contributed by atoms with Crippen LogP contribution in [0.15, 0.2) is 30.5 Å². The van der Waals surface area contributed by atoms with Crippen molar-refractivity contribution in [1.29, 1.82) is 0 Å². The minimum atomic E-state index is -0.379. The molecular weight excluding hydrogens is 297 g/mol. The molecule has 1 amide bonds. The largest absolute Gasteiger partial charge is 0.396 e. The van der Waals surface area contributed by atoms with Crippen molar-refractivity contribution < 1.29 is 14.3 Å². The molecule has 1 aliphatic rings. The number of hydrogen-bond donors (Lipinski definition) is 1. The van der Waals surface area contributed by atoms with E-state index in [0.717, 1.165) is 12.8 Å². The lowest BCUT2D eigenvalue weighted by molar-refractivity contribution is 0.0620. The van der Waals surface area contributed by atoms with Crippen molar-refractivity contribution in [3.05, 3.63) is 47.5 Å². The van der Waals surface area contributed by atoms with Gasteiger partial charge in [-0.2, -0.15) is 5.10 Å². The number of aliphatic hydroxyl groups is 1. The number of benzene rings is 1. The fraction of sp³-hybridized carbons (Fsp3) is 0.412. The van der Waals surface area contributed by atoms with Crippen LogP contribution < -0.4 is 0 Å². The van der Waals surface area contributed by atoms with E-state index < -0.39 is 0 Å². The number of rotatable bonds is 3. The molecule has 5 nitrogen and oxygen atoms in total. The highest BCUT2D eigenvalue weighted by Crippen LogP contribution is 2.21. The van der Waals surface area contributed by atoms with E-state index in [1.54, 1.807) is 30.0 Å². The van der Waals surface area contributed by atoms with Gasteiger partial charge in [0.15, 0.2) is 0 Å². The fourth-order valence-corrected chi connectivity index (χ4v) is 3.05. The Morgan fingerprint density at radius 2 is 2.22 bits per heavy atom. The van der Waals surface area contributed by atoms with E-state index in [0.29, 0.717) is 30.0 Å². The summed E-state index contributed by atoms with van der Waals surface area (Å²) in [6.45, 7) is 3.09. The van der Waals surface area contributed by atoms with Crippen molar-refractivity contribution in [2.45, 2.75) is 19.8 Å². The van der Waals surface area contributed by atoms with Gasteiger partial charge >= 0.3 is 0 Å². The van der Waals surface area contributed by atoms with Gasteiger partial charge in [0.25, 0.3) is 5.91 Å². The van der Waals surface area contributed by atoms with Gasteiger partial charge in [-0.05, 0) is 37.8 Å². The first-order valence-electron chi connectivity index (χ1n) is 7.81. The Labute approximate surface area is 134 Å². The molecule has 1 atom stereocenters. The summed E-state index contributed by atoms with van der Waals surface area (Å²) >= 11 is 0. The lowest BCUT2D eigenvalue weighted by atomic mass is 9.98. The molecule has 1 aromatic carbocycles. The molecule has 2 aromatic rings. The normalized spacial score (nSPS) is 18.2. The number of piperidine rings is 1. The number of likely N-dealkylation sites (tertiary alicyclic amines) is 1. The second-order valence-corrected chi connectivity index (χ2v) is 5.95. The number of nitrogens with zero attached hydrogens (tertiary/aromatic N) is 3. The molecule has 1 N–H and O–H groups in total. The molecule has 6 heteroatoms. The fourth-order valence-electron chi connectivity index (χ4n) is 3.05. The van der Waals surface area contributed by atoms with Gasteiger partial charge in [0.05, 0.1) is 17.5 Å². The van der Waals surface area contributed by atoms with E-state index in [4.69, 9.17) is 0 Å². The summed E-state index contributed by atoms with van der Waals surface area (Å²) in [5, 5.41) is 13.5. The quantitative estimate of drug-likeness (QED) is 0.944. The number of aromatic nitrogens is 2. The third-order valence-electron chi connectivity index (χ3n) is 4.39. The minimum Gasteiger partial charge on any atom is -0.396 e. The molecule has 122 valence electrons. The Kier molecular flexibility index (Phi) is 4.43. The number of halogens is 1. The summed E-state index contributed by atoms with van der Waals surface area (Å²) < 4.78 is 15.4. The maximum atomic E-state index is 13.9. The van der Waals surface area contributed by atoms with Crippen LogP contribution in [0.5, 0.6) is 0 Å². The van der Waals surface area contributed by atoms with Crippen LogP contribution in [0.2, 0.25) is 0 Å². The highest BCUT2D eigenvalue weighted by Gasteiger charge is 2.26. The maximum Gasteiger partial charge on any atom is 0.257 e. The first-order valence-corrected chi connectivity index (χ1v) is 7.81. The molecule has 2 heterocycles. The first-order chi connectivity index (χ1) is 11.1. The summed E-state index contributed by atoms with van der Waals surface area (Å²) in [6.07, 6.45) is 3.32. The highest BCUT2D eigenvalue weighted by atomic mass is 19.1. The Morgan fingerprint density at radius 3 is 2.96 bits per heavy atom. The number of carbonyl (C=O) groups excluding carboxylic acids is 1. The molecule has 0 bridgehead atoms. The van der Waals surface area contributed by atoms with Crippen molar-refractivity contribution in [1.82, 2.24) is 14.7 Å². The third-order valence-corrected chi connectivity index (χ3v) is 4.39. The van der Waals surface area contributed by atoms with Crippen LogP contribution in [0.3, 0.4) is 0 Å². The third kappa shape index (κ3) is 2.99. The molecule has 0 saturated carbocycles. The van der Waals surface area contributed by atoms with Gasteiger partial charge < -0.3 is 10.0 Å². The van der Waals surface area contributed by atoms with Gasteiger partial charge in [-0.3, -0.25) is 4.79 Å². The summed E-state index contributed by atoms with van der Waals surface area (Å²) in [6, 6.07) is 6.35. The van der Waals surface area contributed by atoms with Gasteiger partial charge in [0, 0.05) is 19.7 Å². The van der Waals surface area contributed by atoms with Crippen LogP contribution in [-0.2, 0) is 0 Å². The van der Waals surface area contributed by atoms with Crippen LogP contribution in [0, 0.1) is 18.7 Å². The molecule has 1 saturated heterocycles. The summed E-state index contributed by atoms with van der Waals surface area (Å²) in [5.41, 5.74) is 1.42. The second kappa shape index (κ2) is 6.50. The molecule has 3 rings (SSSR count). The predicted octanol–water partition coefficient (Wildman–Crippen LogP) is 2.16. The van der Waals surface area contributed by atoms with Gasteiger partial charge in [0.2, 0.25) is 0 Å². The Hall–Kier alpha value is -2.21. The van der Waals surface area contributed by atoms with E-state index in [1.807, 2.05) is 0 Å². The van der Waals surface area contributed by atoms with E-state index in [2.05, 4.69) is 5.10 Å². The number of amides is 1. The van der Waals surface area contributed by atoms with Crippen molar-refractivity contribution in [2.75, 3.05) is 19.7 Å². The molecule has 0 unspecified atom stereocenters. The average molecular weight is 317 g/mol. The van der Waals surface area contributed by atoms with Crippen LogP contribution in [0.4, 0.5) is 4.39 Å². The topological polar surface area (TPSA) is 58.4 Å². The lowest BCUT2D eigenvalue weighted by Gasteiger charge is -2.31. The molecular formula is C17H20FN3O2. The summed E-state index contributed by atoms with van der Waals surface area (Å²) in [4.78, 5) is 14.5. The van der Waals surface area contributed by atoms with Crippen molar-refractivity contribution in [3.63, 3.8) is 0 Å². The van der Waals surface area contributed by atoms with Crippen LogP contribution in [0.1, 0.15) is 28.9 Å². The van der Waals surface area contributed by atoms with E-state index in [-0.39, 0.29) is 24.2 Å². The number of hydrogen-bond acceptors (Lipinski definition) is 3. The van der Waals surface area contributed by atoms with Crippen LogP contribution in [0.25, 0.3) is 5.69 Å². The zero-order valence-corrected chi connectivity index (χ0v) is 13.1. The van der Waals surface area contributed by atoms with Crippen LogP contribution >= 0.6 is 0 Å². The van der Waals surface area contributed by atoms with Gasteiger partial charge in [0.1, 0.15) is 11.5 Å².